The van der Waals surface area contributed by atoms with Crippen LogP contribution in [0.1, 0.15) is 79.1 Å². The Labute approximate surface area is 162 Å². The molecule has 0 aromatic rings. The number of allylic oxidation sites excluding steroid dienone is 1. The Morgan fingerprint density at radius 2 is 1.74 bits per heavy atom. The van der Waals surface area contributed by atoms with Gasteiger partial charge in [0.15, 0.2) is 11.4 Å². The van der Waals surface area contributed by atoms with E-state index in [1.807, 2.05) is 0 Å². The van der Waals surface area contributed by atoms with Crippen molar-refractivity contribution in [2.45, 2.75) is 90.8 Å². The fraction of sp³-hybridized carbons (Fsp3) is 0.826. The van der Waals surface area contributed by atoms with Crippen molar-refractivity contribution in [3.05, 3.63) is 11.6 Å². The number of aliphatic hydroxyl groups is 1. The van der Waals surface area contributed by atoms with Gasteiger partial charge >= 0.3 is 5.97 Å². The van der Waals surface area contributed by atoms with Gasteiger partial charge in [-0.25, -0.2) is 0 Å². The smallest absolute Gasteiger partial charge is 0.303 e. The minimum absolute atomic E-state index is 0.0181. The van der Waals surface area contributed by atoms with Gasteiger partial charge in [-0.05, 0) is 81.5 Å². The van der Waals surface area contributed by atoms with Gasteiger partial charge in [0.05, 0.1) is 6.10 Å². The molecule has 4 aliphatic carbocycles. The summed E-state index contributed by atoms with van der Waals surface area (Å²) in [6.07, 6.45) is 9.62. The van der Waals surface area contributed by atoms with E-state index in [9.17, 15) is 14.7 Å². The van der Waals surface area contributed by atoms with Crippen LogP contribution in [0.15, 0.2) is 11.6 Å². The number of ether oxygens (including phenoxy) is 1. The molecule has 4 nitrogen and oxygen atoms in total. The summed E-state index contributed by atoms with van der Waals surface area (Å²) < 4.78 is 5.83. The molecule has 3 fully saturated rings. The monoisotopic (exact) mass is 374 g/mol. The standard InChI is InChI=1S/C23H34O4/c1-14(24)23(27-15(2)25)12-9-20-18-6-5-16-13-17(26)7-10-21(16,3)19(18)8-11-22(20,23)4/h13,17-20,26H,5-12H2,1-4H3/t17?,18?,19?,20?,21-,22-,23-/m0/s1. The first-order valence-electron chi connectivity index (χ1n) is 10.7. The zero-order chi connectivity index (χ0) is 19.6. The molecular weight excluding hydrogens is 340 g/mol. The zero-order valence-electron chi connectivity index (χ0n) is 17.2. The summed E-state index contributed by atoms with van der Waals surface area (Å²) in [5.74, 6) is 1.31. The molecule has 1 N–H and O–H groups in total. The maximum absolute atomic E-state index is 12.7. The Hall–Kier alpha value is -1.16. The van der Waals surface area contributed by atoms with Gasteiger partial charge in [0.25, 0.3) is 0 Å². The van der Waals surface area contributed by atoms with Gasteiger partial charge in [-0.2, -0.15) is 0 Å². The Balaban J connectivity index is 1.69. The predicted octanol–water partition coefficient (Wildman–Crippen LogP) is 4.20. The van der Waals surface area contributed by atoms with Crippen LogP contribution in [0.2, 0.25) is 0 Å². The topological polar surface area (TPSA) is 63.6 Å². The van der Waals surface area contributed by atoms with Crippen LogP contribution in [-0.2, 0) is 14.3 Å². The van der Waals surface area contributed by atoms with E-state index in [0.29, 0.717) is 24.2 Å². The number of carbonyl (C=O) groups is 2. The molecular formula is C23H34O4. The van der Waals surface area contributed by atoms with E-state index in [0.717, 1.165) is 44.9 Å². The summed E-state index contributed by atoms with van der Waals surface area (Å²) in [6, 6.07) is 0. The molecule has 150 valence electrons. The number of hydrogen-bond acceptors (Lipinski definition) is 4. The van der Waals surface area contributed by atoms with Gasteiger partial charge in [-0.1, -0.05) is 25.5 Å². The normalized spacial score (nSPS) is 48.7. The van der Waals surface area contributed by atoms with Crippen molar-refractivity contribution < 1.29 is 19.4 Å². The maximum atomic E-state index is 12.7. The van der Waals surface area contributed by atoms with Crippen molar-refractivity contribution in [3.8, 4) is 0 Å². The molecule has 0 radical (unpaired) electrons. The number of Topliss-reactive ketones (excluding diaryl/α,β-unsaturated/α-hetero) is 1. The van der Waals surface area contributed by atoms with Crippen LogP contribution >= 0.6 is 0 Å². The third-order valence-corrected chi connectivity index (χ3v) is 9.10. The second kappa shape index (κ2) is 6.17. The second-order valence-corrected chi connectivity index (χ2v) is 10.1. The molecule has 0 amide bonds. The Morgan fingerprint density at radius 3 is 2.41 bits per heavy atom. The average Bonchev–Trinajstić information content (AvgIpc) is 2.89. The average molecular weight is 375 g/mol. The lowest BCUT2D eigenvalue weighted by Crippen LogP contribution is -2.58. The van der Waals surface area contributed by atoms with Crippen molar-refractivity contribution in [2.75, 3.05) is 0 Å². The predicted molar refractivity (Wildman–Crippen MR) is 103 cm³/mol. The maximum Gasteiger partial charge on any atom is 0.303 e. The Morgan fingerprint density at radius 1 is 1.04 bits per heavy atom. The number of hydrogen-bond donors (Lipinski definition) is 1. The van der Waals surface area contributed by atoms with E-state index in [2.05, 4.69) is 19.9 Å². The SMILES string of the molecule is CC(=O)O[C@]1(C(C)=O)CCC2C3CCC4=CC(O)CC[C@]4(C)C3CC[C@@]21C. The molecule has 3 saturated carbocycles. The van der Waals surface area contributed by atoms with E-state index in [-0.39, 0.29) is 28.7 Å². The van der Waals surface area contributed by atoms with Crippen LogP contribution in [-0.4, -0.2) is 28.6 Å². The molecule has 0 aromatic heterocycles. The highest BCUT2D eigenvalue weighted by Crippen LogP contribution is 2.68. The van der Waals surface area contributed by atoms with Crippen molar-refractivity contribution >= 4 is 11.8 Å². The van der Waals surface area contributed by atoms with Crippen molar-refractivity contribution in [1.29, 1.82) is 0 Å². The molecule has 0 spiro atoms. The number of rotatable bonds is 2. The third-order valence-electron chi connectivity index (χ3n) is 9.10. The highest BCUT2D eigenvalue weighted by atomic mass is 16.6. The molecule has 7 atom stereocenters. The molecule has 27 heavy (non-hydrogen) atoms. The first-order chi connectivity index (χ1) is 12.6. The lowest BCUT2D eigenvalue weighted by molar-refractivity contribution is -0.187. The van der Waals surface area contributed by atoms with Crippen molar-refractivity contribution in [2.24, 2.45) is 28.6 Å². The molecule has 4 heteroatoms. The van der Waals surface area contributed by atoms with Gasteiger partial charge < -0.3 is 9.84 Å². The third kappa shape index (κ3) is 2.51. The number of ketones is 1. The van der Waals surface area contributed by atoms with Gasteiger partial charge in [0, 0.05) is 12.3 Å². The minimum atomic E-state index is -0.936. The van der Waals surface area contributed by atoms with E-state index in [1.54, 1.807) is 6.92 Å². The number of fused-ring (bicyclic) bond motifs is 5. The summed E-state index contributed by atoms with van der Waals surface area (Å²) in [5.41, 5.74) is 0.458. The lowest BCUT2D eigenvalue weighted by atomic mass is 9.46. The van der Waals surface area contributed by atoms with Gasteiger partial charge in [0.2, 0.25) is 0 Å². The van der Waals surface area contributed by atoms with E-state index in [4.69, 9.17) is 4.74 Å². The highest BCUT2D eigenvalue weighted by molar-refractivity contribution is 5.89. The molecule has 0 bridgehead atoms. The molecule has 0 heterocycles. The Bertz CT molecular complexity index is 696. The number of aliphatic hydroxyl groups excluding tert-OH is 1. The van der Waals surface area contributed by atoms with Crippen LogP contribution in [0.5, 0.6) is 0 Å². The quantitative estimate of drug-likeness (QED) is 0.581. The van der Waals surface area contributed by atoms with Crippen molar-refractivity contribution in [3.63, 3.8) is 0 Å². The summed E-state index contributed by atoms with van der Waals surface area (Å²) in [6.45, 7) is 7.65. The first-order valence-corrected chi connectivity index (χ1v) is 10.7. The molecule has 4 aliphatic rings. The van der Waals surface area contributed by atoms with Gasteiger partial charge in [-0.15, -0.1) is 0 Å². The molecule has 0 saturated heterocycles. The minimum Gasteiger partial charge on any atom is -0.451 e. The highest BCUT2D eigenvalue weighted by Gasteiger charge is 2.67. The van der Waals surface area contributed by atoms with Gasteiger partial charge in [0.1, 0.15) is 0 Å². The fourth-order valence-electron chi connectivity index (χ4n) is 7.77. The van der Waals surface area contributed by atoms with E-state index < -0.39 is 5.60 Å². The van der Waals surface area contributed by atoms with Gasteiger partial charge in [-0.3, -0.25) is 9.59 Å². The number of esters is 1. The summed E-state index contributed by atoms with van der Waals surface area (Å²) in [5, 5.41) is 10.1. The zero-order valence-corrected chi connectivity index (χ0v) is 17.2. The molecule has 4 unspecified atom stereocenters. The lowest BCUT2D eigenvalue weighted by Gasteiger charge is -2.59. The van der Waals surface area contributed by atoms with Crippen LogP contribution in [0.25, 0.3) is 0 Å². The molecule has 0 aromatic carbocycles. The molecule has 4 rings (SSSR count). The van der Waals surface area contributed by atoms with Crippen LogP contribution in [0.3, 0.4) is 0 Å². The second-order valence-electron chi connectivity index (χ2n) is 10.1. The van der Waals surface area contributed by atoms with E-state index in [1.165, 1.54) is 12.5 Å². The van der Waals surface area contributed by atoms with Crippen molar-refractivity contribution in [1.82, 2.24) is 0 Å². The summed E-state index contributed by atoms with van der Waals surface area (Å²) in [7, 11) is 0. The largest absolute Gasteiger partial charge is 0.451 e. The van der Waals surface area contributed by atoms with Crippen LogP contribution in [0, 0.1) is 28.6 Å². The fourth-order valence-corrected chi connectivity index (χ4v) is 7.77. The first kappa shape index (κ1) is 19.2. The summed E-state index contributed by atoms with van der Waals surface area (Å²) >= 11 is 0. The van der Waals surface area contributed by atoms with E-state index >= 15 is 0 Å². The number of carbonyl (C=O) groups excluding carboxylic acids is 2. The molecule has 0 aliphatic heterocycles. The Kier molecular flexibility index (Phi) is 4.38. The van der Waals surface area contributed by atoms with Crippen LogP contribution < -0.4 is 0 Å². The summed E-state index contributed by atoms with van der Waals surface area (Å²) in [4.78, 5) is 24.6. The van der Waals surface area contributed by atoms with Crippen LogP contribution in [0.4, 0.5) is 0 Å².